The maximum Gasteiger partial charge on any atom is 0.252 e. The predicted molar refractivity (Wildman–Crippen MR) is 97.5 cm³/mol. The zero-order chi connectivity index (χ0) is 19.0. The van der Waals surface area contributed by atoms with E-state index in [0.29, 0.717) is 35.4 Å². The van der Waals surface area contributed by atoms with Crippen LogP contribution in [0.4, 0.5) is 10.3 Å². The van der Waals surface area contributed by atoms with E-state index in [2.05, 4.69) is 25.3 Å². The Morgan fingerprint density at radius 1 is 1.26 bits per heavy atom. The summed E-state index contributed by atoms with van der Waals surface area (Å²) in [5, 5.41) is 2.97. The van der Waals surface area contributed by atoms with E-state index in [4.69, 9.17) is 5.73 Å². The Kier molecular flexibility index (Phi) is 4.35. The first-order valence-electron chi connectivity index (χ1n) is 8.76. The molecule has 0 aliphatic heterocycles. The molecule has 1 aromatic carbocycles. The zero-order valence-electron chi connectivity index (χ0n) is 14.5. The van der Waals surface area contributed by atoms with Crippen LogP contribution in [0.25, 0.3) is 11.0 Å². The summed E-state index contributed by atoms with van der Waals surface area (Å²) in [6, 6.07) is 5.86. The number of aromatic nitrogens is 4. The third-order valence-corrected chi connectivity index (χ3v) is 4.78. The molecule has 1 amide bonds. The number of rotatable bonds is 5. The molecule has 0 radical (unpaired) electrons. The maximum absolute atomic E-state index is 13.2. The van der Waals surface area contributed by atoms with E-state index in [1.54, 1.807) is 6.07 Å². The van der Waals surface area contributed by atoms with Gasteiger partial charge in [-0.2, -0.15) is 0 Å². The quantitative estimate of drug-likeness (QED) is 0.539. The van der Waals surface area contributed by atoms with Crippen molar-refractivity contribution in [1.29, 1.82) is 0 Å². The minimum absolute atomic E-state index is 0.0644. The molecule has 4 rings (SSSR count). The van der Waals surface area contributed by atoms with Crippen LogP contribution in [0.5, 0.6) is 0 Å². The van der Waals surface area contributed by atoms with Crippen LogP contribution in [0.2, 0.25) is 0 Å². The number of hydrogen-bond donors (Lipinski definition) is 4. The SMILES string of the molecule is Nc1nc(C2CC(NC(=O)CCc3nc4ccc(F)cc4[nH]3)C2)cc(=O)[nH]1. The second-order valence-corrected chi connectivity index (χ2v) is 6.83. The number of imidazole rings is 1. The Morgan fingerprint density at radius 3 is 2.85 bits per heavy atom. The highest BCUT2D eigenvalue weighted by Crippen LogP contribution is 2.35. The highest BCUT2D eigenvalue weighted by atomic mass is 19.1. The van der Waals surface area contributed by atoms with Crippen LogP contribution in [0.15, 0.2) is 29.1 Å². The minimum Gasteiger partial charge on any atom is -0.369 e. The number of benzene rings is 1. The van der Waals surface area contributed by atoms with E-state index in [0.717, 1.165) is 12.8 Å². The lowest BCUT2D eigenvalue weighted by atomic mass is 9.78. The van der Waals surface area contributed by atoms with Gasteiger partial charge in [0.25, 0.3) is 5.56 Å². The number of nitrogens with one attached hydrogen (secondary N) is 3. The summed E-state index contributed by atoms with van der Waals surface area (Å²) in [5.74, 6) is 0.497. The van der Waals surface area contributed by atoms with E-state index in [1.165, 1.54) is 18.2 Å². The molecule has 140 valence electrons. The Labute approximate surface area is 153 Å². The molecule has 2 aromatic heterocycles. The third-order valence-electron chi connectivity index (χ3n) is 4.78. The van der Waals surface area contributed by atoms with E-state index < -0.39 is 0 Å². The largest absolute Gasteiger partial charge is 0.369 e. The molecule has 1 saturated carbocycles. The molecule has 1 fully saturated rings. The average molecular weight is 370 g/mol. The molecule has 0 atom stereocenters. The van der Waals surface area contributed by atoms with Crippen molar-refractivity contribution in [1.82, 2.24) is 25.3 Å². The van der Waals surface area contributed by atoms with Crippen LogP contribution >= 0.6 is 0 Å². The fraction of sp³-hybridized carbons (Fsp3) is 0.333. The van der Waals surface area contributed by atoms with Gasteiger partial charge in [-0.25, -0.2) is 14.4 Å². The van der Waals surface area contributed by atoms with E-state index >= 15 is 0 Å². The van der Waals surface area contributed by atoms with Gasteiger partial charge < -0.3 is 16.0 Å². The molecule has 2 heterocycles. The topological polar surface area (TPSA) is 130 Å². The average Bonchev–Trinajstić information content (AvgIpc) is 2.97. The normalized spacial score (nSPS) is 19.0. The summed E-state index contributed by atoms with van der Waals surface area (Å²) >= 11 is 0. The van der Waals surface area contributed by atoms with Gasteiger partial charge in [0.2, 0.25) is 11.9 Å². The highest BCUT2D eigenvalue weighted by molar-refractivity contribution is 5.77. The van der Waals surface area contributed by atoms with E-state index in [1.807, 2.05) is 0 Å². The number of aromatic amines is 2. The number of carbonyl (C=O) groups excluding carboxylic acids is 1. The standard InChI is InChI=1S/C18H19FN6O2/c19-10-1-2-12-14(7-10)23-15(22-12)3-4-16(26)21-11-5-9(6-11)13-8-17(27)25-18(20)24-13/h1-2,7-9,11H,3-6H2,(H,21,26)(H,22,23)(H3,20,24,25,27). The molecule has 8 nitrogen and oxygen atoms in total. The summed E-state index contributed by atoms with van der Waals surface area (Å²) in [7, 11) is 0. The van der Waals surface area contributed by atoms with Crippen LogP contribution in [-0.2, 0) is 11.2 Å². The van der Waals surface area contributed by atoms with Gasteiger partial charge in [0.15, 0.2) is 0 Å². The number of fused-ring (bicyclic) bond motifs is 1. The monoisotopic (exact) mass is 370 g/mol. The second-order valence-electron chi connectivity index (χ2n) is 6.83. The number of aryl methyl sites for hydroxylation is 1. The lowest BCUT2D eigenvalue weighted by Gasteiger charge is -2.35. The molecule has 0 unspecified atom stereocenters. The zero-order valence-corrected chi connectivity index (χ0v) is 14.5. The Morgan fingerprint density at radius 2 is 2.07 bits per heavy atom. The van der Waals surface area contributed by atoms with Crippen molar-refractivity contribution < 1.29 is 9.18 Å². The fourth-order valence-electron chi connectivity index (χ4n) is 3.37. The van der Waals surface area contributed by atoms with Gasteiger partial charge in [-0.3, -0.25) is 14.6 Å². The van der Waals surface area contributed by atoms with Crippen molar-refractivity contribution in [3.8, 4) is 0 Å². The van der Waals surface area contributed by atoms with Crippen LogP contribution in [0, 0.1) is 5.82 Å². The molecule has 9 heteroatoms. The maximum atomic E-state index is 13.2. The van der Waals surface area contributed by atoms with Crippen molar-refractivity contribution in [2.45, 2.75) is 37.6 Å². The Balaban J connectivity index is 1.27. The molecule has 0 bridgehead atoms. The summed E-state index contributed by atoms with van der Waals surface area (Å²) in [5.41, 5.74) is 7.25. The number of amides is 1. The highest BCUT2D eigenvalue weighted by Gasteiger charge is 2.32. The van der Waals surface area contributed by atoms with E-state index in [9.17, 15) is 14.0 Å². The third kappa shape index (κ3) is 3.81. The molecule has 0 saturated heterocycles. The first kappa shape index (κ1) is 17.2. The molecule has 5 N–H and O–H groups in total. The van der Waals surface area contributed by atoms with Crippen LogP contribution in [-0.4, -0.2) is 31.9 Å². The summed E-state index contributed by atoms with van der Waals surface area (Å²) in [6.45, 7) is 0. The van der Waals surface area contributed by atoms with Crippen molar-refractivity contribution >= 4 is 22.9 Å². The van der Waals surface area contributed by atoms with Crippen LogP contribution in [0.3, 0.4) is 0 Å². The number of nitrogen functional groups attached to an aromatic ring is 1. The molecule has 1 aliphatic rings. The number of halogens is 1. The summed E-state index contributed by atoms with van der Waals surface area (Å²) in [6.07, 6.45) is 2.20. The first-order valence-corrected chi connectivity index (χ1v) is 8.76. The molecular formula is C18H19FN6O2. The number of carbonyl (C=O) groups is 1. The number of hydrogen-bond acceptors (Lipinski definition) is 5. The lowest BCUT2D eigenvalue weighted by Crippen LogP contribution is -2.43. The van der Waals surface area contributed by atoms with E-state index in [-0.39, 0.29) is 35.2 Å². The molecular weight excluding hydrogens is 351 g/mol. The second kappa shape index (κ2) is 6.82. The number of nitrogens with two attached hydrogens (primary N) is 1. The van der Waals surface area contributed by atoms with Gasteiger partial charge in [-0.1, -0.05) is 0 Å². The lowest BCUT2D eigenvalue weighted by molar-refractivity contribution is -0.122. The molecule has 27 heavy (non-hydrogen) atoms. The number of H-pyrrole nitrogens is 2. The van der Waals surface area contributed by atoms with Crippen molar-refractivity contribution in [2.24, 2.45) is 0 Å². The van der Waals surface area contributed by atoms with Crippen molar-refractivity contribution in [3.05, 3.63) is 52.0 Å². The van der Waals surface area contributed by atoms with Gasteiger partial charge in [0.1, 0.15) is 11.6 Å². The summed E-state index contributed by atoms with van der Waals surface area (Å²) < 4.78 is 13.2. The number of anilines is 1. The fourth-order valence-corrected chi connectivity index (χ4v) is 3.37. The Hall–Kier alpha value is -3.23. The smallest absolute Gasteiger partial charge is 0.252 e. The molecule has 1 aliphatic carbocycles. The van der Waals surface area contributed by atoms with Crippen LogP contribution < -0.4 is 16.6 Å². The van der Waals surface area contributed by atoms with Gasteiger partial charge in [-0.15, -0.1) is 0 Å². The van der Waals surface area contributed by atoms with Gasteiger partial charge >= 0.3 is 0 Å². The summed E-state index contributed by atoms with van der Waals surface area (Å²) in [4.78, 5) is 37.5. The molecule has 0 spiro atoms. The first-order chi connectivity index (χ1) is 13.0. The van der Waals surface area contributed by atoms with Gasteiger partial charge in [0, 0.05) is 30.9 Å². The number of nitrogens with zero attached hydrogens (tertiary/aromatic N) is 2. The van der Waals surface area contributed by atoms with Gasteiger partial charge in [-0.05, 0) is 31.0 Å². The van der Waals surface area contributed by atoms with Crippen LogP contribution in [0.1, 0.15) is 36.7 Å². The Bertz CT molecular complexity index is 1050. The predicted octanol–water partition coefficient (Wildman–Crippen LogP) is 1.36. The molecule has 3 aromatic rings. The van der Waals surface area contributed by atoms with Crippen molar-refractivity contribution in [3.63, 3.8) is 0 Å². The van der Waals surface area contributed by atoms with Crippen molar-refractivity contribution in [2.75, 3.05) is 5.73 Å². The minimum atomic E-state index is -0.327. The van der Waals surface area contributed by atoms with Gasteiger partial charge in [0.05, 0.1) is 16.7 Å².